The van der Waals surface area contributed by atoms with Gasteiger partial charge in [0.2, 0.25) is 0 Å². The molecule has 2 aromatic carbocycles. The van der Waals surface area contributed by atoms with E-state index in [0.29, 0.717) is 53.9 Å². The van der Waals surface area contributed by atoms with Crippen molar-refractivity contribution in [1.82, 2.24) is 4.90 Å². The van der Waals surface area contributed by atoms with Gasteiger partial charge in [-0.3, -0.25) is 4.79 Å². The number of amides is 1. The molecule has 0 saturated heterocycles. The van der Waals surface area contributed by atoms with Crippen molar-refractivity contribution in [3.05, 3.63) is 58.4 Å². The molecule has 202 valence electrons. The molecule has 37 heavy (non-hydrogen) atoms. The van der Waals surface area contributed by atoms with Crippen LogP contribution in [0.4, 0.5) is 18.9 Å². The fraction of sp³-hybridized carbons (Fsp3) is 0.500. The molecule has 0 aliphatic heterocycles. The van der Waals surface area contributed by atoms with Crippen LogP contribution in [0.3, 0.4) is 0 Å². The van der Waals surface area contributed by atoms with Crippen LogP contribution in [0.2, 0.25) is 5.02 Å². The number of nitrogens with one attached hydrogen (secondary N) is 1. The minimum Gasteiger partial charge on any atom is -0.392 e. The Kier molecular flexibility index (Phi) is 8.47. The smallest absolute Gasteiger partial charge is 0.255 e. The van der Waals surface area contributed by atoms with E-state index >= 15 is 0 Å². The van der Waals surface area contributed by atoms with E-state index in [4.69, 9.17) is 15.8 Å². The van der Waals surface area contributed by atoms with E-state index in [1.807, 2.05) is 11.9 Å². The molecule has 3 unspecified atom stereocenters. The van der Waals surface area contributed by atoms with Gasteiger partial charge in [-0.05, 0) is 62.8 Å². The number of nitrogens with zero attached hydrogens (tertiary/aromatic N) is 1. The van der Waals surface area contributed by atoms with Crippen molar-refractivity contribution in [2.45, 2.75) is 49.4 Å². The average molecular weight is 559 g/mol. The second kappa shape index (κ2) is 11.1. The molecule has 3 aliphatic carbocycles. The van der Waals surface area contributed by atoms with Crippen LogP contribution in [0.15, 0.2) is 35.2 Å². The van der Waals surface area contributed by atoms with Crippen LogP contribution in [-0.4, -0.2) is 59.0 Å². The highest BCUT2D eigenvalue weighted by atomic mass is 35.5. The van der Waals surface area contributed by atoms with Crippen LogP contribution in [0.1, 0.15) is 37.0 Å². The molecule has 0 radical (unpaired) electrons. The van der Waals surface area contributed by atoms with Gasteiger partial charge in [0, 0.05) is 48.5 Å². The summed E-state index contributed by atoms with van der Waals surface area (Å²) in [5.41, 5.74) is -0.858. The Bertz CT molecular complexity index is 1130. The molecule has 3 saturated carbocycles. The summed E-state index contributed by atoms with van der Waals surface area (Å²) < 4.78 is 46.2. The standard InChI is InChI=1S/C26H30ClF3N2O4S/c1-13(33)11-32(3)12-26(35)18-9-17(10-19(26)14(18)2)36-37-23-6-15(4-5-20(23)27)25(34)31-16-7-21(28)24(30)22(29)8-16/h4-8,13-14,17-19,33,35H,9-12H2,1-3H3,(H,31,34). The average Bonchev–Trinajstić information content (AvgIpc) is 2.82. The molecule has 3 N–H and O–H groups in total. The maximum absolute atomic E-state index is 13.5. The molecule has 1 amide bonds. The van der Waals surface area contributed by atoms with Crippen molar-refractivity contribution in [2.24, 2.45) is 17.8 Å². The summed E-state index contributed by atoms with van der Waals surface area (Å²) in [5, 5.41) is 23.7. The largest absolute Gasteiger partial charge is 0.392 e. The maximum Gasteiger partial charge on any atom is 0.255 e. The number of carbonyl (C=O) groups excluding carboxylic acids is 1. The molecule has 3 fully saturated rings. The number of hydrogen-bond donors (Lipinski definition) is 3. The van der Waals surface area contributed by atoms with Gasteiger partial charge in [0.25, 0.3) is 5.91 Å². The molecular formula is C26H30ClF3N2O4S. The van der Waals surface area contributed by atoms with Gasteiger partial charge in [-0.1, -0.05) is 18.5 Å². The Morgan fingerprint density at radius 1 is 1.24 bits per heavy atom. The Balaban J connectivity index is 1.37. The van der Waals surface area contributed by atoms with Crippen LogP contribution in [0.5, 0.6) is 0 Å². The van der Waals surface area contributed by atoms with E-state index in [1.54, 1.807) is 6.92 Å². The van der Waals surface area contributed by atoms with Crippen molar-refractivity contribution in [1.29, 1.82) is 0 Å². The highest BCUT2D eigenvalue weighted by Crippen LogP contribution is 2.58. The molecule has 11 heteroatoms. The second-order valence-electron chi connectivity index (χ2n) is 10.2. The third kappa shape index (κ3) is 5.94. The lowest BCUT2D eigenvalue weighted by Gasteiger charge is -2.63. The van der Waals surface area contributed by atoms with E-state index in [2.05, 4.69) is 12.2 Å². The van der Waals surface area contributed by atoms with E-state index in [1.165, 1.54) is 18.2 Å². The Morgan fingerprint density at radius 3 is 2.46 bits per heavy atom. The molecule has 6 nitrogen and oxygen atoms in total. The van der Waals surface area contributed by atoms with E-state index in [9.17, 15) is 28.2 Å². The highest BCUT2D eigenvalue weighted by Gasteiger charge is 2.63. The SMILES string of the molecule is CC(O)CN(C)CC1(O)C2CC(OSc3cc(C(=O)Nc4cc(F)c(F)c(F)c4)ccc3Cl)CC1C2C. The van der Waals surface area contributed by atoms with Crippen LogP contribution >= 0.6 is 23.6 Å². The minimum atomic E-state index is -1.61. The summed E-state index contributed by atoms with van der Waals surface area (Å²) in [6.07, 6.45) is 0.753. The second-order valence-corrected chi connectivity index (χ2v) is 11.4. The minimum absolute atomic E-state index is 0.0670. The molecule has 3 aliphatic rings. The molecule has 0 heterocycles. The van der Waals surface area contributed by atoms with Crippen molar-refractivity contribution < 1.29 is 32.4 Å². The lowest BCUT2D eigenvalue weighted by molar-refractivity contribution is -0.241. The Morgan fingerprint density at radius 2 is 1.86 bits per heavy atom. The zero-order chi connectivity index (χ0) is 27.1. The van der Waals surface area contributed by atoms with Crippen molar-refractivity contribution in [2.75, 3.05) is 25.5 Å². The number of benzene rings is 2. The first-order chi connectivity index (χ1) is 17.4. The predicted molar refractivity (Wildman–Crippen MR) is 136 cm³/mol. The number of halogens is 4. The van der Waals surface area contributed by atoms with E-state index in [-0.39, 0.29) is 29.2 Å². The van der Waals surface area contributed by atoms with Gasteiger partial charge in [0.1, 0.15) is 0 Å². The molecular weight excluding hydrogens is 529 g/mol. The normalized spacial score (nSPS) is 27.6. The van der Waals surface area contributed by atoms with E-state index in [0.717, 1.165) is 12.0 Å². The molecule has 0 spiro atoms. The van der Waals surface area contributed by atoms with Gasteiger partial charge >= 0.3 is 0 Å². The number of carbonyl (C=O) groups is 1. The van der Waals surface area contributed by atoms with Gasteiger partial charge in [-0.25, -0.2) is 13.2 Å². The zero-order valence-electron chi connectivity index (χ0n) is 20.7. The fourth-order valence-electron chi connectivity index (χ4n) is 5.77. The number of fused-ring (bicyclic) bond motifs is 2. The maximum atomic E-state index is 13.5. The third-order valence-electron chi connectivity index (χ3n) is 7.40. The summed E-state index contributed by atoms with van der Waals surface area (Å²) in [5.74, 6) is -4.57. The summed E-state index contributed by atoms with van der Waals surface area (Å²) in [7, 11) is 1.89. The van der Waals surface area contributed by atoms with Gasteiger partial charge in [-0.15, -0.1) is 0 Å². The molecule has 2 bridgehead atoms. The third-order valence-corrected chi connectivity index (χ3v) is 8.72. The van der Waals surface area contributed by atoms with E-state index < -0.39 is 35.1 Å². The van der Waals surface area contributed by atoms with Crippen LogP contribution < -0.4 is 5.32 Å². The number of aliphatic hydroxyl groups excluding tert-OH is 1. The Labute approximate surface area is 223 Å². The van der Waals surface area contributed by atoms with Crippen LogP contribution in [0, 0.1) is 35.2 Å². The molecule has 0 aromatic heterocycles. The van der Waals surface area contributed by atoms with Gasteiger partial charge in [0.15, 0.2) is 17.5 Å². The van der Waals surface area contributed by atoms with Crippen LogP contribution in [-0.2, 0) is 4.18 Å². The predicted octanol–water partition coefficient (Wildman–Crippen LogP) is 5.12. The van der Waals surface area contributed by atoms with Crippen molar-refractivity contribution in [3.8, 4) is 0 Å². The lowest BCUT2D eigenvalue weighted by atomic mass is 9.47. The first-order valence-corrected chi connectivity index (χ1v) is 13.2. The highest BCUT2D eigenvalue weighted by molar-refractivity contribution is 7.94. The number of aliphatic hydroxyl groups is 2. The lowest BCUT2D eigenvalue weighted by Crippen LogP contribution is -2.70. The molecule has 5 rings (SSSR count). The van der Waals surface area contributed by atoms with Gasteiger partial charge in [0.05, 0.1) is 27.7 Å². The van der Waals surface area contributed by atoms with Crippen LogP contribution in [0.25, 0.3) is 0 Å². The monoisotopic (exact) mass is 558 g/mol. The summed E-state index contributed by atoms with van der Waals surface area (Å²) in [4.78, 5) is 15.1. The fourth-order valence-corrected chi connectivity index (χ4v) is 6.70. The van der Waals surface area contributed by atoms with Crippen molar-refractivity contribution in [3.63, 3.8) is 0 Å². The quantitative estimate of drug-likeness (QED) is 0.293. The number of hydrogen-bond acceptors (Lipinski definition) is 6. The number of likely N-dealkylation sites (N-methyl/N-ethyl adjacent to an activating group) is 1. The molecule has 2 aromatic rings. The Hall–Kier alpha value is -1.82. The first-order valence-electron chi connectivity index (χ1n) is 12.1. The van der Waals surface area contributed by atoms with Gasteiger partial charge in [-0.2, -0.15) is 0 Å². The zero-order valence-corrected chi connectivity index (χ0v) is 22.3. The first kappa shape index (κ1) is 28.2. The summed E-state index contributed by atoms with van der Waals surface area (Å²) >= 11 is 7.34. The van der Waals surface area contributed by atoms with Crippen molar-refractivity contribution >= 4 is 35.2 Å². The number of anilines is 1. The van der Waals surface area contributed by atoms with Gasteiger partial charge < -0.3 is 24.6 Å². The number of rotatable bonds is 9. The topological polar surface area (TPSA) is 82.0 Å². The summed E-state index contributed by atoms with van der Waals surface area (Å²) in [6.45, 7) is 4.83. The molecule has 3 atom stereocenters. The summed E-state index contributed by atoms with van der Waals surface area (Å²) in [6, 6.07) is 5.88.